The summed E-state index contributed by atoms with van der Waals surface area (Å²) in [6.45, 7) is 3.37. The third kappa shape index (κ3) is 6.16. The van der Waals surface area contributed by atoms with E-state index < -0.39 is 17.8 Å². The molecule has 4 rings (SSSR count). The molecule has 0 spiro atoms. The Hall–Kier alpha value is -4.61. The van der Waals surface area contributed by atoms with Gasteiger partial charge in [0.2, 0.25) is 5.91 Å². The van der Waals surface area contributed by atoms with Crippen molar-refractivity contribution in [3.8, 4) is 0 Å². The Morgan fingerprint density at radius 3 is 2.42 bits per heavy atom. The van der Waals surface area contributed by atoms with E-state index >= 15 is 0 Å². The van der Waals surface area contributed by atoms with Gasteiger partial charge in [-0.05, 0) is 61.9 Å². The van der Waals surface area contributed by atoms with Crippen LogP contribution in [-0.2, 0) is 17.5 Å². The van der Waals surface area contributed by atoms with Gasteiger partial charge < -0.3 is 25.4 Å². The molecule has 0 aliphatic rings. The van der Waals surface area contributed by atoms with Gasteiger partial charge in [0.05, 0.1) is 22.8 Å². The fourth-order valence-electron chi connectivity index (χ4n) is 4.21. The minimum absolute atomic E-state index is 0.0136. The number of likely N-dealkylation sites (N-methyl/N-ethyl adjacent to an activating group) is 1. The van der Waals surface area contributed by atoms with Crippen LogP contribution >= 0.6 is 0 Å². The number of anilines is 4. The van der Waals surface area contributed by atoms with E-state index in [4.69, 9.17) is 5.73 Å². The van der Waals surface area contributed by atoms with Crippen molar-refractivity contribution >= 4 is 39.7 Å². The van der Waals surface area contributed by atoms with Crippen LogP contribution in [0.25, 0.3) is 10.9 Å². The van der Waals surface area contributed by atoms with E-state index in [2.05, 4.69) is 15.3 Å². The molecule has 0 saturated heterocycles. The number of rotatable bonds is 7. The Bertz CT molecular complexity index is 1630. The standard InChI is InChI=1S/C28H30F3N7O2/c1-16(18-10-19(28(29,30)31)12-20(32)11-18)33-27-23-13-21(6-8-24(23)34-17(2)35-27)37(5)22-7-9-25(39)38(14-22)15-26(40)36(3)4/h6-14,16H,15,32H2,1-5H3,(H,33,34,35)/t16-/m1/s1. The predicted octanol–water partition coefficient (Wildman–Crippen LogP) is 4.73. The summed E-state index contributed by atoms with van der Waals surface area (Å²) in [5.74, 6) is 0.722. The Morgan fingerprint density at radius 1 is 1.05 bits per heavy atom. The van der Waals surface area contributed by atoms with Gasteiger partial charge in [0, 0.05) is 50.2 Å². The van der Waals surface area contributed by atoms with Gasteiger partial charge >= 0.3 is 6.18 Å². The van der Waals surface area contributed by atoms with Gasteiger partial charge in [0.25, 0.3) is 5.56 Å². The van der Waals surface area contributed by atoms with Gasteiger partial charge in [-0.3, -0.25) is 9.59 Å². The summed E-state index contributed by atoms with van der Waals surface area (Å²) in [5.41, 5.74) is 7.07. The fraction of sp³-hybridized carbons (Fsp3) is 0.286. The minimum atomic E-state index is -4.52. The molecular formula is C28H30F3N7O2. The Morgan fingerprint density at radius 2 is 1.75 bits per heavy atom. The molecule has 3 N–H and O–H groups in total. The van der Waals surface area contributed by atoms with Crippen LogP contribution < -0.4 is 21.5 Å². The zero-order chi connectivity index (χ0) is 29.4. The summed E-state index contributed by atoms with van der Waals surface area (Å²) in [4.78, 5) is 36.8. The molecule has 0 saturated carbocycles. The Balaban J connectivity index is 1.70. The van der Waals surface area contributed by atoms with Crippen molar-refractivity contribution in [3.63, 3.8) is 0 Å². The van der Waals surface area contributed by atoms with Gasteiger partial charge in [-0.1, -0.05) is 0 Å². The van der Waals surface area contributed by atoms with Crippen molar-refractivity contribution in [2.45, 2.75) is 32.6 Å². The Kier molecular flexibility index (Phi) is 7.72. The van der Waals surface area contributed by atoms with Crippen LogP contribution in [0.5, 0.6) is 0 Å². The molecule has 0 aliphatic carbocycles. The maximum atomic E-state index is 13.4. The number of hydrogen-bond acceptors (Lipinski definition) is 7. The largest absolute Gasteiger partial charge is 0.416 e. The van der Waals surface area contributed by atoms with E-state index in [-0.39, 0.29) is 23.7 Å². The maximum absolute atomic E-state index is 13.4. The van der Waals surface area contributed by atoms with Crippen molar-refractivity contribution in [1.29, 1.82) is 0 Å². The lowest BCUT2D eigenvalue weighted by Gasteiger charge is -2.22. The molecule has 0 unspecified atom stereocenters. The number of halogens is 3. The molecule has 9 nitrogen and oxygen atoms in total. The van der Waals surface area contributed by atoms with Crippen molar-refractivity contribution in [2.75, 3.05) is 37.1 Å². The summed E-state index contributed by atoms with van der Waals surface area (Å²) in [7, 11) is 5.06. The first-order valence-corrected chi connectivity index (χ1v) is 12.4. The Labute approximate surface area is 229 Å². The van der Waals surface area contributed by atoms with Gasteiger partial charge in [0.1, 0.15) is 18.2 Å². The first-order valence-electron chi connectivity index (χ1n) is 12.4. The molecule has 210 valence electrons. The van der Waals surface area contributed by atoms with Crippen LogP contribution in [0.3, 0.4) is 0 Å². The second kappa shape index (κ2) is 10.9. The van der Waals surface area contributed by atoms with Crippen LogP contribution in [0.2, 0.25) is 0 Å². The normalized spacial score (nSPS) is 12.3. The van der Waals surface area contributed by atoms with Gasteiger partial charge in [-0.2, -0.15) is 13.2 Å². The molecular weight excluding hydrogens is 523 g/mol. The van der Waals surface area contributed by atoms with Crippen LogP contribution in [0, 0.1) is 6.92 Å². The highest BCUT2D eigenvalue weighted by Gasteiger charge is 2.31. The van der Waals surface area contributed by atoms with Gasteiger partial charge in [-0.15, -0.1) is 0 Å². The van der Waals surface area contributed by atoms with E-state index in [1.54, 1.807) is 40.2 Å². The number of pyridine rings is 1. The van der Waals surface area contributed by atoms with Gasteiger partial charge in [0.15, 0.2) is 0 Å². The SMILES string of the molecule is Cc1nc(N[C@H](C)c2cc(N)cc(C(F)(F)F)c2)c2cc(N(C)c3ccc(=O)n(CC(=O)N(C)C)c3)ccc2n1. The quantitative estimate of drug-likeness (QED) is 0.319. The number of nitrogens with one attached hydrogen (secondary N) is 1. The predicted molar refractivity (Wildman–Crippen MR) is 150 cm³/mol. The van der Waals surface area contributed by atoms with Gasteiger partial charge in [-0.25, -0.2) is 9.97 Å². The minimum Gasteiger partial charge on any atom is -0.399 e. The van der Waals surface area contributed by atoms with E-state index in [0.29, 0.717) is 33.8 Å². The highest BCUT2D eigenvalue weighted by atomic mass is 19.4. The van der Waals surface area contributed by atoms with E-state index in [9.17, 15) is 22.8 Å². The average molecular weight is 554 g/mol. The molecule has 4 aromatic rings. The summed E-state index contributed by atoms with van der Waals surface area (Å²) in [6.07, 6.45) is -2.91. The smallest absolute Gasteiger partial charge is 0.399 e. The zero-order valence-corrected chi connectivity index (χ0v) is 22.7. The lowest BCUT2D eigenvalue weighted by molar-refractivity contribution is -0.137. The zero-order valence-electron chi connectivity index (χ0n) is 22.7. The monoisotopic (exact) mass is 553 g/mol. The molecule has 0 aliphatic heterocycles. The summed E-state index contributed by atoms with van der Waals surface area (Å²) in [6, 6.07) is 11.5. The number of nitrogens with zero attached hydrogens (tertiary/aromatic N) is 5. The number of benzene rings is 2. The third-order valence-corrected chi connectivity index (χ3v) is 6.50. The average Bonchev–Trinajstić information content (AvgIpc) is 2.88. The molecule has 0 bridgehead atoms. The number of alkyl halides is 3. The molecule has 1 amide bonds. The lowest BCUT2D eigenvalue weighted by atomic mass is 10.0. The summed E-state index contributed by atoms with van der Waals surface area (Å²) >= 11 is 0. The molecule has 0 radical (unpaired) electrons. The van der Waals surface area contributed by atoms with Crippen molar-refractivity contribution in [3.05, 3.63) is 82.0 Å². The van der Waals surface area contributed by atoms with Crippen molar-refractivity contribution in [1.82, 2.24) is 19.4 Å². The molecule has 0 fully saturated rings. The summed E-state index contributed by atoms with van der Waals surface area (Å²) < 4.78 is 41.4. The molecule has 1 atom stereocenters. The molecule has 2 aromatic heterocycles. The second-order valence-electron chi connectivity index (χ2n) is 9.77. The second-order valence-corrected chi connectivity index (χ2v) is 9.77. The van der Waals surface area contributed by atoms with Crippen molar-refractivity contribution < 1.29 is 18.0 Å². The number of aryl methyl sites for hydroxylation is 1. The van der Waals surface area contributed by atoms with Crippen LogP contribution in [0.4, 0.5) is 36.1 Å². The van der Waals surface area contributed by atoms with Crippen molar-refractivity contribution in [2.24, 2.45) is 0 Å². The highest BCUT2D eigenvalue weighted by Crippen LogP contribution is 2.35. The number of fused-ring (bicyclic) bond motifs is 1. The number of hydrogen-bond donors (Lipinski definition) is 2. The number of aromatic nitrogens is 3. The number of nitrogen functional groups attached to an aromatic ring is 1. The summed E-state index contributed by atoms with van der Waals surface area (Å²) in [5, 5.41) is 3.87. The fourth-order valence-corrected chi connectivity index (χ4v) is 4.21. The van der Waals surface area contributed by atoms with Crippen LogP contribution in [0.15, 0.2) is 59.5 Å². The molecule has 40 heavy (non-hydrogen) atoms. The lowest BCUT2D eigenvalue weighted by Crippen LogP contribution is -2.31. The van der Waals surface area contributed by atoms with Crippen LogP contribution in [0.1, 0.15) is 29.9 Å². The van der Waals surface area contributed by atoms with Crippen LogP contribution in [-0.4, -0.2) is 46.5 Å². The van der Waals surface area contributed by atoms with E-state index in [1.165, 1.54) is 21.6 Å². The number of carbonyl (C=O) groups is 1. The van der Waals surface area contributed by atoms with E-state index in [0.717, 1.165) is 17.8 Å². The number of nitrogens with two attached hydrogens (primary N) is 1. The molecule has 12 heteroatoms. The van der Waals surface area contributed by atoms with E-state index in [1.807, 2.05) is 30.1 Å². The maximum Gasteiger partial charge on any atom is 0.416 e. The first kappa shape index (κ1) is 28.4. The molecule has 2 heterocycles. The third-order valence-electron chi connectivity index (χ3n) is 6.50. The first-order chi connectivity index (χ1) is 18.7. The topological polar surface area (TPSA) is 109 Å². The number of carbonyl (C=O) groups excluding carboxylic acids is 1. The number of amides is 1. The highest BCUT2D eigenvalue weighted by molar-refractivity contribution is 5.92. The molecule has 2 aromatic carbocycles.